The molecule has 2 N–H and O–H groups in total. The van der Waals surface area contributed by atoms with Crippen LogP contribution in [-0.4, -0.2) is 42.8 Å². The van der Waals surface area contributed by atoms with E-state index in [1.54, 1.807) is 18.2 Å². The summed E-state index contributed by atoms with van der Waals surface area (Å²) < 4.78 is 10.7. The molecule has 0 saturated carbocycles. The Bertz CT molecular complexity index is 572. The minimum Gasteiger partial charge on any atom is -0.484 e. The number of aryl methyl sites for hydroxylation is 1. The fourth-order valence-corrected chi connectivity index (χ4v) is 2.77. The van der Waals surface area contributed by atoms with E-state index >= 15 is 0 Å². The van der Waals surface area contributed by atoms with Crippen LogP contribution in [0.5, 0.6) is 5.75 Å². The third-order valence-corrected chi connectivity index (χ3v) is 3.98. The summed E-state index contributed by atoms with van der Waals surface area (Å²) in [7, 11) is 0. The third-order valence-electron chi connectivity index (χ3n) is 3.75. The number of hydrogen-bond donors (Lipinski definition) is 2. The van der Waals surface area contributed by atoms with Crippen molar-refractivity contribution < 1.29 is 24.2 Å². The first-order valence-corrected chi connectivity index (χ1v) is 7.84. The van der Waals surface area contributed by atoms with E-state index in [1.807, 2.05) is 6.92 Å². The van der Waals surface area contributed by atoms with E-state index in [0.717, 1.165) is 12.0 Å². The number of hydrogen-bond acceptors (Lipinski definition) is 4. The van der Waals surface area contributed by atoms with Crippen LogP contribution in [0, 0.1) is 12.8 Å². The van der Waals surface area contributed by atoms with E-state index in [0.29, 0.717) is 30.4 Å². The molecule has 1 aromatic rings. The molecular weight excluding hydrogens is 322 g/mol. The van der Waals surface area contributed by atoms with Gasteiger partial charge in [-0.1, -0.05) is 11.6 Å². The van der Waals surface area contributed by atoms with Crippen LogP contribution in [0.15, 0.2) is 18.2 Å². The molecule has 1 saturated heterocycles. The van der Waals surface area contributed by atoms with Gasteiger partial charge in [0.25, 0.3) is 5.91 Å². The fourth-order valence-electron chi connectivity index (χ4n) is 2.54. The summed E-state index contributed by atoms with van der Waals surface area (Å²) in [6.07, 6.45) is 1.51. The number of carboxylic acids is 1. The van der Waals surface area contributed by atoms with Crippen molar-refractivity contribution in [3.05, 3.63) is 28.8 Å². The molecule has 0 radical (unpaired) electrons. The van der Waals surface area contributed by atoms with Gasteiger partial charge in [0.15, 0.2) is 6.61 Å². The maximum absolute atomic E-state index is 12.0. The predicted molar refractivity (Wildman–Crippen MR) is 84.8 cm³/mol. The number of amides is 1. The molecule has 0 spiro atoms. The lowest BCUT2D eigenvalue weighted by atomic mass is 9.93. The van der Waals surface area contributed by atoms with Gasteiger partial charge >= 0.3 is 5.97 Å². The average molecular weight is 342 g/mol. The summed E-state index contributed by atoms with van der Waals surface area (Å²) in [6.45, 7) is 2.54. The lowest BCUT2D eigenvalue weighted by Crippen LogP contribution is -2.49. The number of aliphatic carboxylic acids is 1. The van der Waals surface area contributed by atoms with Gasteiger partial charge in [-0.3, -0.25) is 4.79 Å². The van der Waals surface area contributed by atoms with Crippen LogP contribution in [0.25, 0.3) is 0 Å². The zero-order chi connectivity index (χ0) is 16.8. The number of carbonyl (C=O) groups excluding carboxylic acids is 1. The van der Waals surface area contributed by atoms with Gasteiger partial charge in [0.2, 0.25) is 0 Å². The molecule has 0 aromatic heterocycles. The van der Waals surface area contributed by atoms with Gasteiger partial charge in [0.05, 0.1) is 6.61 Å². The summed E-state index contributed by atoms with van der Waals surface area (Å²) in [5.41, 5.74) is 0.806. The van der Waals surface area contributed by atoms with Crippen molar-refractivity contribution in [2.75, 3.05) is 19.8 Å². The zero-order valence-corrected chi connectivity index (χ0v) is 13.6. The van der Waals surface area contributed by atoms with Crippen molar-refractivity contribution in [1.29, 1.82) is 0 Å². The Kier molecular flexibility index (Phi) is 6.24. The Morgan fingerprint density at radius 1 is 1.52 bits per heavy atom. The van der Waals surface area contributed by atoms with Crippen LogP contribution in [0.4, 0.5) is 0 Å². The Morgan fingerprint density at radius 3 is 2.91 bits per heavy atom. The van der Waals surface area contributed by atoms with E-state index in [1.165, 1.54) is 0 Å². The van der Waals surface area contributed by atoms with Gasteiger partial charge < -0.3 is 19.9 Å². The molecule has 0 aliphatic carbocycles. The molecule has 1 aliphatic heterocycles. The molecule has 23 heavy (non-hydrogen) atoms. The molecular formula is C16H20ClNO5. The van der Waals surface area contributed by atoms with Crippen LogP contribution in [0.2, 0.25) is 5.02 Å². The molecule has 2 atom stereocenters. The maximum atomic E-state index is 12.0. The Labute approximate surface area is 139 Å². The fraction of sp³-hybridized carbons (Fsp3) is 0.500. The lowest BCUT2D eigenvalue weighted by molar-refractivity contribution is -0.145. The van der Waals surface area contributed by atoms with Crippen molar-refractivity contribution in [1.82, 2.24) is 5.32 Å². The molecule has 126 valence electrons. The standard InChI is InChI=1S/C16H20ClNO5/c1-10-7-12(17)4-5-13(10)23-9-14(19)18-15(16(20)21)11-3-2-6-22-8-11/h4-5,7,11,15H,2-3,6,8-9H2,1H3,(H,18,19)(H,20,21). The van der Waals surface area contributed by atoms with Crippen molar-refractivity contribution in [2.24, 2.45) is 5.92 Å². The lowest BCUT2D eigenvalue weighted by Gasteiger charge is -2.28. The number of carbonyl (C=O) groups is 2. The minimum absolute atomic E-state index is 0.220. The van der Waals surface area contributed by atoms with Crippen LogP contribution >= 0.6 is 11.6 Å². The second-order valence-electron chi connectivity index (χ2n) is 5.56. The Morgan fingerprint density at radius 2 is 2.30 bits per heavy atom. The predicted octanol–water partition coefficient (Wildman–Crippen LogP) is 2.02. The van der Waals surface area contributed by atoms with Gasteiger partial charge in [0, 0.05) is 17.5 Å². The molecule has 0 bridgehead atoms. The van der Waals surface area contributed by atoms with Crippen molar-refractivity contribution in [3.63, 3.8) is 0 Å². The molecule has 1 aliphatic rings. The first-order valence-electron chi connectivity index (χ1n) is 7.46. The van der Waals surface area contributed by atoms with Crippen LogP contribution in [0.3, 0.4) is 0 Å². The molecule has 1 aromatic carbocycles. The van der Waals surface area contributed by atoms with Gasteiger partial charge in [0.1, 0.15) is 11.8 Å². The van der Waals surface area contributed by atoms with Crippen LogP contribution in [-0.2, 0) is 14.3 Å². The van der Waals surface area contributed by atoms with E-state index in [-0.39, 0.29) is 12.5 Å². The maximum Gasteiger partial charge on any atom is 0.326 e. The van der Waals surface area contributed by atoms with Crippen LogP contribution in [0.1, 0.15) is 18.4 Å². The van der Waals surface area contributed by atoms with Gasteiger partial charge in [-0.15, -0.1) is 0 Å². The minimum atomic E-state index is -1.06. The smallest absolute Gasteiger partial charge is 0.326 e. The number of carboxylic acid groups (broad SMARTS) is 1. The van der Waals surface area contributed by atoms with Crippen molar-refractivity contribution >= 4 is 23.5 Å². The number of benzene rings is 1. The summed E-state index contributed by atoms with van der Waals surface area (Å²) in [6, 6.07) is 4.11. The second kappa shape index (κ2) is 8.17. The Balaban J connectivity index is 1.90. The SMILES string of the molecule is Cc1cc(Cl)ccc1OCC(=O)NC(C(=O)O)C1CCCOC1. The van der Waals surface area contributed by atoms with Crippen molar-refractivity contribution in [2.45, 2.75) is 25.8 Å². The quantitative estimate of drug-likeness (QED) is 0.827. The average Bonchev–Trinajstić information content (AvgIpc) is 2.52. The number of nitrogens with one attached hydrogen (secondary N) is 1. The third kappa shape index (κ3) is 5.11. The van der Waals surface area contributed by atoms with Gasteiger partial charge in [-0.2, -0.15) is 0 Å². The van der Waals surface area contributed by atoms with Gasteiger partial charge in [-0.25, -0.2) is 4.79 Å². The number of rotatable bonds is 6. The van der Waals surface area contributed by atoms with E-state index in [2.05, 4.69) is 5.32 Å². The summed E-state index contributed by atoms with van der Waals surface area (Å²) in [4.78, 5) is 23.4. The highest BCUT2D eigenvalue weighted by Gasteiger charge is 2.31. The first-order chi connectivity index (χ1) is 11.0. The molecule has 6 nitrogen and oxygen atoms in total. The summed E-state index contributed by atoms with van der Waals surface area (Å²) >= 11 is 5.86. The van der Waals surface area contributed by atoms with E-state index < -0.39 is 17.9 Å². The molecule has 1 fully saturated rings. The summed E-state index contributed by atoms with van der Waals surface area (Å²) in [5.74, 6) is -1.21. The second-order valence-corrected chi connectivity index (χ2v) is 6.00. The highest BCUT2D eigenvalue weighted by Crippen LogP contribution is 2.22. The monoisotopic (exact) mass is 341 g/mol. The molecule has 7 heteroatoms. The van der Waals surface area contributed by atoms with Crippen molar-refractivity contribution in [3.8, 4) is 5.75 Å². The normalized spacial score (nSPS) is 19.0. The highest BCUT2D eigenvalue weighted by atomic mass is 35.5. The van der Waals surface area contributed by atoms with E-state index in [9.17, 15) is 14.7 Å². The molecule has 2 rings (SSSR count). The zero-order valence-electron chi connectivity index (χ0n) is 12.9. The number of ether oxygens (including phenoxy) is 2. The largest absolute Gasteiger partial charge is 0.484 e. The van der Waals surface area contributed by atoms with Gasteiger partial charge in [-0.05, 0) is 43.5 Å². The first kappa shape index (κ1) is 17.6. The highest BCUT2D eigenvalue weighted by molar-refractivity contribution is 6.30. The Hall–Kier alpha value is -1.79. The van der Waals surface area contributed by atoms with E-state index in [4.69, 9.17) is 21.1 Å². The molecule has 1 heterocycles. The van der Waals surface area contributed by atoms with Crippen LogP contribution < -0.4 is 10.1 Å². The topological polar surface area (TPSA) is 84.9 Å². The molecule has 2 unspecified atom stereocenters. The number of halogens is 1. The molecule has 1 amide bonds. The summed E-state index contributed by atoms with van der Waals surface area (Å²) in [5, 5.41) is 12.4.